The summed E-state index contributed by atoms with van der Waals surface area (Å²) in [6, 6.07) is 3.32. The third kappa shape index (κ3) is 2.10. The van der Waals surface area contributed by atoms with E-state index in [0.29, 0.717) is 35.2 Å². The van der Waals surface area contributed by atoms with Crippen molar-refractivity contribution in [2.24, 2.45) is 0 Å². The molecule has 2 aromatic rings. The van der Waals surface area contributed by atoms with Crippen molar-refractivity contribution < 1.29 is 4.79 Å². The van der Waals surface area contributed by atoms with Crippen molar-refractivity contribution in [1.29, 1.82) is 0 Å². The van der Waals surface area contributed by atoms with Crippen LogP contribution in [0.25, 0.3) is 10.9 Å². The van der Waals surface area contributed by atoms with E-state index in [1.807, 2.05) is 0 Å². The SMILES string of the molecule is Nc1cc2c(=O)[nH]cnc2cc1NC1CNC(=O)C1. The van der Waals surface area contributed by atoms with Crippen LogP contribution in [0.2, 0.25) is 0 Å². The van der Waals surface area contributed by atoms with E-state index in [0.717, 1.165) is 0 Å². The molecule has 1 saturated heterocycles. The maximum absolute atomic E-state index is 11.6. The van der Waals surface area contributed by atoms with Crippen LogP contribution in [-0.2, 0) is 4.79 Å². The average molecular weight is 259 g/mol. The van der Waals surface area contributed by atoms with Gasteiger partial charge in [0, 0.05) is 13.0 Å². The minimum atomic E-state index is -0.221. The van der Waals surface area contributed by atoms with E-state index in [4.69, 9.17) is 5.73 Å². The summed E-state index contributed by atoms with van der Waals surface area (Å²) >= 11 is 0. The van der Waals surface area contributed by atoms with E-state index in [2.05, 4.69) is 20.6 Å². The number of benzene rings is 1. The number of anilines is 2. The Morgan fingerprint density at radius 2 is 2.21 bits per heavy atom. The Morgan fingerprint density at radius 3 is 2.95 bits per heavy atom. The molecular formula is C12H13N5O2. The third-order valence-electron chi connectivity index (χ3n) is 3.15. The second-order valence-corrected chi connectivity index (χ2v) is 4.54. The molecule has 0 bridgehead atoms. The Balaban J connectivity index is 1.98. The van der Waals surface area contributed by atoms with Gasteiger partial charge in [0.2, 0.25) is 5.91 Å². The Bertz CT molecular complexity index is 709. The molecule has 3 rings (SSSR count). The first-order chi connectivity index (χ1) is 9.13. The lowest BCUT2D eigenvalue weighted by atomic mass is 10.1. The zero-order valence-electron chi connectivity index (χ0n) is 10.1. The normalized spacial score (nSPS) is 18.5. The molecule has 1 fully saturated rings. The van der Waals surface area contributed by atoms with Gasteiger partial charge >= 0.3 is 0 Å². The number of nitrogen functional groups attached to an aromatic ring is 1. The Kier molecular flexibility index (Phi) is 2.59. The maximum Gasteiger partial charge on any atom is 0.258 e. The van der Waals surface area contributed by atoms with Crippen LogP contribution in [-0.4, -0.2) is 28.5 Å². The van der Waals surface area contributed by atoms with Crippen LogP contribution < -0.4 is 21.9 Å². The standard InChI is InChI=1S/C12H13N5O2/c13-8-2-7-9(15-5-16-12(7)19)3-10(8)17-6-1-11(18)14-4-6/h2-3,5-6,17H,1,4,13H2,(H,14,18)(H,15,16,19). The van der Waals surface area contributed by atoms with Crippen LogP contribution in [0.3, 0.4) is 0 Å². The second-order valence-electron chi connectivity index (χ2n) is 4.54. The molecule has 7 heteroatoms. The Labute approximate surface area is 108 Å². The number of nitrogens with zero attached hydrogens (tertiary/aromatic N) is 1. The molecule has 7 nitrogen and oxygen atoms in total. The third-order valence-corrected chi connectivity index (χ3v) is 3.15. The molecular weight excluding hydrogens is 246 g/mol. The highest BCUT2D eigenvalue weighted by Gasteiger charge is 2.21. The highest BCUT2D eigenvalue weighted by atomic mass is 16.2. The fourth-order valence-corrected chi connectivity index (χ4v) is 2.18. The lowest BCUT2D eigenvalue weighted by Gasteiger charge is -2.14. The van der Waals surface area contributed by atoms with Crippen molar-refractivity contribution in [3.05, 3.63) is 28.8 Å². The molecule has 0 spiro atoms. The van der Waals surface area contributed by atoms with E-state index in [1.54, 1.807) is 12.1 Å². The number of nitrogens with one attached hydrogen (secondary N) is 3. The molecule has 1 aliphatic heterocycles. The Hall–Kier alpha value is -2.57. The number of aromatic amines is 1. The van der Waals surface area contributed by atoms with Gasteiger partial charge in [-0.25, -0.2) is 4.98 Å². The summed E-state index contributed by atoms with van der Waals surface area (Å²) in [5, 5.41) is 6.38. The van der Waals surface area contributed by atoms with E-state index in [1.165, 1.54) is 6.33 Å². The van der Waals surface area contributed by atoms with Gasteiger partial charge in [0.15, 0.2) is 0 Å². The van der Waals surface area contributed by atoms with Crippen LogP contribution in [0.1, 0.15) is 6.42 Å². The maximum atomic E-state index is 11.6. The molecule has 0 saturated carbocycles. The molecule has 5 N–H and O–H groups in total. The molecule has 1 aromatic carbocycles. The van der Waals surface area contributed by atoms with E-state index in [9.17, 15) is 9.59 Å². The number of fused-ring (bicyclic) bond motifs is 1. The zero-order chi connectivity index (χ0) is 13.4. The molecule has 19 heavy (non-hydrogen) atoms. The molecule has 98 valence electrons. The van der Waals surface area contributed by atoms with Crippen molar-refractivity contribution in [3.63, 3.8) is 0 Å². The van der Waals surface area contributed by atoms with Gasteiger partial charge in [-0.05, 0) is 12.1 Å². The quantitative estimate of drug-likeness (QED) is 0.558. The van der Waals surface area contributed by atoms with Crippen LogP contribution >= 0.6 is 0 Å². The van der Waals surface area contributed by atoms with Crippen LogP contribution in [0.15, 0.2) is 23.3 Å². The predicted molar refractivity (Wildman–Crippen MR) is 71.8 cm³/mol. The molecule has 1 aromatic heterocycles. The predicted octanol–water partition coefficient (Wildman–Crippen LogP) is -0.194. The number of rotatable bonds is 2. The number of nitrogens with two attached hydrogens (primary N) is 1. The summed E-state index contributed by atoms with van der Waals surface area (Å²) in [5.41, 5.74) is 7.42. The fraction of sp³-hybridized carbons (Fsp3) is 0.250. The van der Waals surface area contributed by atoms with Gasteiger partial charge in [-0.1, -0.05) is 0 Å². The first-order valence-corrected chi connectivity index (χ1v) is 5.93. The number of aromatic nitrogens is 2. The summed E-state index contributed by atoms with van der Waals surface area (Å²) < 4.78 is 0. The van der Waals surface area contributed by atoms with Crippen LogP contribution in [0.4, 0.5) is 11.4 Å². The molecule has 1 atom stereocenters. The highest BCUT2D eigenvalue weighted by Crippen LogP contribution is 2.24. The largest absolute Gasteiger partial charge is 0.397 e. The first-order valence-electron chi connectivity index (χ1n) is 5.93. The lowest BCUT2D eigenvalue weighted by Crippen LogP contribution is -2.23. The summed E-state index contributed by atoms with van der Waals surface area (Å²) in [4.78, 5) is 29.4. The summed E-state index contributed by atoms with van der Waals surface area (Å²) in [6.45, 7) is 0.569. The highest BCUT2D eigenvalue weighted by molar-refractivity contribution is 5.88. The van der Waals surface area contributed by atoms with Crippen molar-refractivity contribution in [3.8, 4) is 0 Å². The minimum Gasteiger partial charge on any atom is -0.397 e. The van der Waals surface area contributed by atoms with Crippen molar-refractivity contribution in [2.45, 2.75) is 12.5 Å². The lowest BCUT2D eigenvalue weighted by molar-refractivity contribution is -0.119. The van der Waals surface area contributed by atoms with Gasteiger partial charge in [-0.15, -0.1) is 0 Å². The van der Waals surface area contributed by atoms with E-state index in [-0.39, 0.29) is 17.5 Å². The Morgan fingerprint density at radius 1 is 1.37 bits per heavy atom. The van der Waals surface area contributed by atoms with Crippen LogP contribution in [0.5, 0.6) is 0 Å². The van der Waals surface area contributed by atoms with Gasteiger partial charge in [0.25, 0.3) is 5.56 Å². The van der Waals surface area contributed by atoms with E-state index >= 15 is 0 Å². The van der Waals surface area contributed by atoms with Gasteiger partial charge in [0.05, 0.1) is 34.6 Å². The van der Waals surface area contributed by atoms with Gasteiger partial charge in [-0.2, -0.15) is 0 Å². The second kappa shape index (κ2) is 4.27. The molecule has 1 amide bonds. The van der Waals surface area contributed by atoms with E-state index < -0.39 is 0 Å². The van der Waals surface area contributed by atoms with Gasteiger partial charge in [-0.3, -0.25) is 9.59 Å². The summed E-state index contributed by atoms with van der Waals surface area (Å²) in [6.07, 6.45) is 1.77. The number of amides is 1. The van der Waals surface area contributed by atoms with Crippen molar-refractivity contribution >= 4 is 28.2 Å². The molecule has 2 heterocycles. The van der Waals surface area contributed by atoms with Crippen molar-refractivity contribution in [1.82, 2.24) is 15.3 Å². The van der Waals surface area contributed by atoms with Crippen molar-refractivity contribution in [2.75, 3.05) is 17.6 Å². The summed E-state index contributed by atoms with van der Waals surface area (Å²) in [7, 11) is 0. The monoisotopic (exact) mass is 259 g/mol. The zero-order valence-corrected chi connectivity index (χ0v) is 10.1. The smallest absolute Gasteiger partial charge is 0.258 e. The fourth-order valence-electron chi connectivity index (χ4n) is 2.18. The molecule has 1 aliphatic rings. The summed E-state index contributed by atoms with van der Waals surface area (Å²) in [5.74, 6) is 0.0198. The number of carbonyl (C=O) groups is 1. The number of H-pyrrole nitrogens is 1. The molecule has 0 radical (unpaired) electrons. The number of carbonyl (C=O) groups excluding carboxylic acids is 1. The van der Waals surface area contributed by atoms with Gasteiger partial charge < -0.3 is 21.4 Å². The number of hydrogen-bond donors (Lipinski definition) is 4. The number of hydrogen-bond acceptors (Lipinski definition) is 5. The van der Waals surface area contributed by atoms with Gasteiger partial charge in [0.1, 0.15) is 0 Å². The average Bonchev–Trinajstić information content (AvgIpc) is 2.77. The first kappa shape index (κ1) is 11.5. The molecule has 0 aliphatic carbocycles. The minimum absolute atomic E-state index is 0.00856. The van der Waals surface area contributed by atoms with Crippen LogP contribution in [0, 0.1) is 0 Å². The molecule has 1 unspecified atom stereocenters. The topological polar surface area (TPSA) is 113 Å².